The second-order valence-electron chi connectivity index (χ2n) is 6.82. The molecule has 0 fully saturated rings. The van der Waals surface area contributed by atoms with E-state index >= 15 is 0 Å². The van der Waals surface area contributed by atoms with Crippen LogP contribution in [0.3, 0.4) is 0 Å². The Morgan fingerprint density at radius 3 is 1.59 bits per heavy atom. The summed E-state index contributed by atoms with van der Waals surface area (Å²) in [6.07, 6.45) is 3.51. The lowest BCUT2D eigenvalue weighted by atomic mass is 10.1. The zero-order chi connectivity index (χ0) is 22.2. The first-order valence-corrected chi connectivity index (χ1v) is 9.98. The van der Waals surface area contributed by atoms with Crippen molar-refractivity contribution in [2.75, 3.05) is 14.2 Å². The van der Waals surface area contributed by atoms with E-state index in [0.717, 1.165) is 45.1 Å². The molecule has 0 atom stereocenters. The molecule has 0 amide bonds. The summed E-state index contributed by atoms with van der Waals surface area (Å²) in [4.78, 5) is 8.99. The number of ether oxygens (including phenoxy) is 2. The Labute approximate surface area is 187 Å². The average molecular weight is 416 g/mol. The molecular weight excluding hydrogens is 396 g/mol. The fourth-order valence-corrected chi connectivity index (χ4v) is 2.90. The van der Waals surface area contributed by atoms with Crippen molar-refractivity contribution in [3.8, 4) is 46.6 Å². The van der Waals surface area contributed by atoms with Gasteiger partial charge in [-0.3, -0.25) is 9.97 Å². The molecule has 4 heteroatoms. The lowest BCUT2D eigenvalue weighted by Gasteiger charge is -2.00. The SMILES string of the molecule is COc1ccc(C#Cc2ccc(-c3ccc(C#Cc4cccc(OC)c4)cn3)nc2)cc1. The highest BCUT2D eigenvalue weighted by atomic mass is 16.5. The number of methoxy groups -OCH3 is 2. The van der Waals surface area contributed by atoms with Crippen molar-refractivity contribution >= 4 is 0 Å². The van der Waals surface area contributed by atoms with E-state index in [2.05, 4.69) is 33.6 Å². The third kappa shape index (κ3) is 5.33. The molecule has 0 bridgehead atoms. The second-order valence-corrected chi connectivity index (χ2v) is 6.82. The first-order chi connectivity index (χ1) is 15.7. The molecule has 0 saturated heterocycles. The van der Waals surface area contributed by atoms with Crippen LogP contribution in [0.2, 0.25) is 0 Å². The number of rotatable bonds is 3. The zero-order valence-electron chi connectivity index (χ0n) is 17.8. The molecule has 0 saturated carbocycles. The minimum absolute atomic E-state index is 0.784. The molecule has 0 unspecified atom stereocenters. The predicted molar refractivity (Wildman–Crippen MR) is 125 cm³/mol. The van der Waals surface area contributed by atoms with Crippen molar-refractivity contribution in [3.05, 3.63) is 107 Å². The van der Waals surface area contributed by atoms with Crippen LogP contribution in [0, 0.1) is 23.7 Å². The van der Waals surface area contributed by atoms with Gasteiger partial charge in [-0.25, -0.2) is 0 Å². The normalized spacial score (nSPS) is 9.69. The van der Waals surface area contributed by atoms with Crippen LogP contribution in [-0.2, 0) is 0 Å². The molecule has 154 valence electrons. The van der Waals surface area contributed by atoms with Gasteiger partial charge in [0.25, 0.3) is 0 Å². The summed E-state index contributed by atoms with van der Waals surface area (Å²) in [5, 5.41) is 0. The molecule has 2 heterocycles. The van der Waals surface area contributed by atoms with Gasteiger partial charge in [0.15, 0.2) is 0 Å². The van der Waals surface area contributed by atoms with Gasteiger partial charge in [0.2, 0.25) is 0 Å². The molecule has 4 nitrogen and oxygen atoms in total. The Bertz CT molecular complexity index is 1320. The van der Waals surface area contributed by atoms with Crippen molar-refractivity contribution in [2.24, 2.45) is 0 Å². The van der Waals surface area contributed by atoms with E-state index in [1.807, 2.05) is 72.8 Å². The van der Waals surface area contributed by atoms with Crippen molar-refractivity contribution < 1.29 is 9.47 Å². The van der Waals surface area contributed by atoms with E-state index < -0.39 is 0 Å². The van der Waals surface area contributed by atoms with Crippen LogP contribution < -0.4 is 9.47 Å². The third-order valence-electron chi connectivity index (χ3n) is 4.65. The second kappa shape index (κ2) is 9.98. The Kier molecular flexibility index (Phi) is 6.46. The fourth-order valence-electron chi connectivity index (χ4n) is 2.90. The molecule has 0 radical (unpaired) electrons. The molecule has 0 aliphatic rings. The Balaban J connectivity index is 1.44. The summed E-state index contributed by atoms with van der Waals surface area (Å²) in [6, 6.07) is 23.0. The highest BCUT2D eigenvalue weighted by Gasteiger charge is 2.01. The van der Waals surface area contributed by atoms with E-state index in [4.69, 9.17) is 9.47 Å². The third-order valence-corrected chi connectivity index (χ3v) is 4.65. The van der Waals surface area contributed by atoms with E-state index in [9.17, 15) is 0 Å². The molecule has 2 aromatic carbocycles. The number of benzene rings is 2. The fraction of sp³-hybridized carbons (Fsp3) is 0.0714. The Hall–Kier alpha value is -4.54. The summed E-state index contributed by atoms with van der Waals surface area (Å²) in [6.45, 7) is 0. The monoisotopic (exact) mass is 416 g/mol. The van der Waals surface area contributed by atoms with E-state index in [1.165, 1.54) is 0 Å². The van der Waals surface area contributed by atoms with Gasteiger partial charge >= 0.3 is 0 Å². The summed E-state index contributed by atoms with van der Waals surface area (Å²) in [5.41, 5.74) is 5.05. The van der Waals surface area contributed by atoms with Crippen LogP contribution in [0.5, 0.6) is 11.5 Å². The van der Waals surface area contributed by atoms with E-state index in [0.29, 0.717) is 0 Å². The summed E-state index contributed by atoms with van der Waals surface area (Å²) >= 11 is 0. The van der Waals surface area contributed by atoms with Crippen LogP contribution >= 0.6 is 0 Å². The highest BCUT2D eigenvalue weighted by molar-refractivity contribution is 5.56. The lowest BCUT2D eigenvalue weighted by Crippen LogP contribution is -1.89. The molecular formula is C28H20N2O2. The van der Waals surface area contributed by atoms with E-state index in [1.54, 1.807) is 26.6 Å². The topological polar surface area (TPSA) is 44.2 Å². The first-order valence-electron chi connectivity index (χ1n) is 9.98. The van der Waals surface area contributed by atoms with Crippen molar-refractivity contribution in [1.82, 2.24) is 9.97 Å². The van der Waals surface area contributed by atoms with Crippen LogP contribution in [0.15, 0.2) is 85.2 Å². The van der Waals surface area contributed by atoms with Gasteiger partial charge < -0.3 is 9.47 Å². The largest absolute Gasteiger partial charge is 0.497 e. The summed E-state index contributed by atoms with van der Waals surface area (Å²) in [7, 11) is 3.29. The molecule has 0 N–H and O–H groups in total. The van der Waals surface area contributed by atoms with Gasteiger partial charge in [-0.2, -0.15) is 0 Å². The number of aromatic nitrogens is 2. The van der Waals surface area contributed by atoms with Crippen LogP contribution in [0.4, 0.5) is 0 Å². The minimum atomic E-state index is 0.784. The van der Waals surface area contributed by atoms with Crippen LogP contribution in [0.25, 0.3) is 11.4 Å². The van der Waals surface area contributed by atoms with Crippen molar-refractivity contribution in [3.63, 3.8) is 0 Å². The molecule has 4 aromatic rings. The Morgan fingerprint density at radius 2 is 1.06 bits per heavy atom. The van der Waals surface area contributed by atoms with Crippen LogP contribution in [0.1, 0.15) is 22.3 Å². The number of nitrogens with zero attached hydrogens (tertiary/aromatic N) is 2. The Morgan fingerprint density at radius 1 is 0.531 bits per heavy atom. The standard InChI is InChI=1S/C28H20N2O2/c1-31-25-14-10-21(11-15-25)6-8-23-12-16-27(29-19-23)28-17-13-24(20-30-28)9-7-22-4-3-5-26(18-22)32-2/h3-5,10-20H,1-2H3. The molecule has 0 spiro atoms. The summed E-state index contributed by atoms with van der Waals surface area (Å²) < 4.78 is 10.4. The van der Waals surface area contributed by atoms with Gasteiger partial charge in [0, 0.05) is 34.6 Å². The maximum atomic E-state index is 5.23. The van der Waals surface area contributed by atoms with Gasteiger partial charge in [-0.15, -0.1) is 0 Å². The molecule has 4 rings (SSSR count). The van der Waals surface area contributed by atoms with E-state index in [-0.39, 0.29) is 0 Å². The first kappa shape index (κ1) is 20.7. The number of hydrogen-bond donors (Lipinski definition) is 0. The molecule has 0 aliphatic carbocycles. The number of hydrogen-bond acceptors (Lipinski definition) is 4. The minimum Gasteiger partial charge on any atom is -0.497 e. The average Bonchev–Trinajstić information content (AvgIpc) is 2.87. The van der Waals surface area contributed by atoms with Crippen molar-refractivity contribution in [2.45, 2.75) is 0 Å². The predicted octanol–water partition coefficient (Wildman–Crippen LogP) is 4.96. The summed E-state index contributed by atoms with van der Waals surface area (Å²) in [5.74, 6) is 14.1. The van der Waals surface area contributed by atoms with Gasteiger partial charge in [0.1, 0.15) is 11.5 Å². The smallest absolute Gasteiger partial charge is 0.120 e. The quantitative estimate of drug-likeness (QED) is 0.443. The molecule has 0 aliphatic heterocycles. The zero-order valence-corrected chi connectivity index (χ0v) is 17.8. The maximum absolute atomic E-state index is 5.23. The lowest BCUT2D eigenvalue weighted by molar-refractivity contribution is 0.414. The van der Waals surface area contributed by atoms with Gasteiger partial charge in [-0.1, -0.05) is 29.7 Å². The molecule has 32 heavy (non-hydrogen) atoms. The molecule has 2 aromatic heterocycles. The van der Waals surface area contributed by atoms with Crippen molar-refractivity contribution in [1.29, 1.82) is 0 Å². The van der Waals surface area contributed by atoms with Crippen LogP contribution in [-0.4, -0.2) is 24.2 Å². The highest BCUT2D eigenvalue weighted by Crippen LogP contribution is 2.16. The maximum Gasteiger partial charge on any atom is 0.120 e. The van der Waals surface area contributed by atoms with Gasteiger partial charge in [-0.05, 0) is 66.7 Å². The number of pyridine rings is 2. The van der Waals surface area contributed by atoms with Gasteiger partial charge in [0.05, 0.1) is 25.6 Å².